The molecule has 3 N–H and O–H groups in total. The number of urea groups is 1. The lowest BCUT2D eigenvalue weighted by atomic mass is 10.0. The lowest BCUT2D eigenvalue weighted by molar-refractivity contribution is 0.0367. The minimum atomic E-state index is -1.19. The van der Waals surface area contributed by atoms with Crippen molar-refractivity contribution in [1.82, 2.24) is 10.6 Å². The average Bonchev–Trinajstić information content (AvgIpc) is 2.81. The molecule has 5 heteroatoms. The van der Waals surface area contributed by atoms with Crippen LogP contribution < -0.4 is 10.6 Å². The Morgan fingerprint density at radius 3 is 2.88 bits per heavy atom. The molecule has 0 spiro atoms. The van der Waals surface area contributed by atoms with E-state index in [0.717, 1.165) is 12.8 Å². The average molecular weight is 240 g/mol. The van der Waals surface area contributed by atoms with Crippen LogP contribution in [0.1, 0.15) is 32.4 Å². The Balaban J connectivity index is 2.32. The van der Waals surface area contributed by atoms with Crippen LogP contribution in [0.25, 0.3) is 0 Å². The summed E-state index contributed by atoms with van der Waals surface area (Å²) in [6, 6.07) is 3.10. The van der Waals surface area contributed by atoms with Gasteiger partial charge in [-0.3, -0.25) is 0 Å². The van der Waals surface area contributed by atoms with Crippen LogP contribution in [-0.2, 0) is 5.60 Å². The lowest BCUT2D eigenvalue weighted by Gasteiger charge is -2.21. The summed E-state index contributed by atoms with van der Waals surface area (Å²) < 4.78 is 5.11. The minimum Gasteiger partial charge on any atom is -0.466 e. The first-order valence-electron chi connectivity index (χ1n) is 5.84. The molecule has 5 nitrogen and oxygen atoms in total. The molecule has 1 heterocycles. The number of amides is 2. The third-order valence-electron chi connectivity index (χ3n) is 2.46. The van der Waals surface area contributed by atoms with E-state index in [1.807, 2.05) is 0 Å². The van der Waals surface area contributed by atoms with E-state index in [4.69, 9.17) is 4.42 Å². The van der Waals surface area contributed by atoms with Crippen molar-refractivity contribution in [2.45, 2.75) is 32.3 Å². The van der Waals surface area contributed by atoms with Crippen LogP contribution in [0.5, 0.6) is 0 Å². The summed E-state index contributed by atoms with van der Waals surface area (Å²) in [6.45, 7) is 4.41. The summed E-state index contributed by atoms with van der Waals surface area (Å²) >= 11 is 0. The van der Waals surface area contributed by atoms with Crippen molar-refractivity contribution in [1.29, 1.82) is 0 Å². The molecule has 0 aromatic carbocycles. The fourth-order valence-corrected chi connectivity index (χ4v) is 1.37. The zero-order chi connectivity index (χ0) is 12.7. The molecule has 0 fully saturated rings. The van der Waals surface area contributed by atoms with Crippen LogP contribution in [0.15, 0.2) is 22.8 Å². The molecule has 17 heavy (non-hydrogen) atoms. The molecule has 0 aliphatic rings. The maximum Gasteiger partial charge on any atom is 0.314 e. The SMILES string of the molecule is CCCCNC(=O)NCC(C)(O)c1ccco1. The van der Waals surface area contributed by atoms with Gasteiger partial charge >= 0.3 is 6.03 Å². The highest BCUT2D eigenvalue weighted by Gasteiger charge is 2.26. The largest absolute Gasteiger partial charge is 0.466 e. The predicted octanol–water partition coefficient (Wildman–Crippen LogP) is 1.59. The monoisotopic (exact) mass is 240 g/mol. The van der Waals surface area contributed by atoms with Crippen molar-refractivity contribution >= 4 is 6.03 Å². The van der Waals surface area contributed by atoms with Gasteiger partial charge in [-0.1, -0.05) is 13.3 Å². The molecular weight excluding hydrogens is 220 g/mol. The van der Waals surface area contributed by atoms with Crippen LogP contribution in [0.2, 0.25) is 0 Å². The van der Waals surface area contributed by atoms with E-state index >= 15 is 0 Å². The van der Waals surface area contributed by atoms with Gasteiger partial charge in [-0.15, -0.1) is 0 Å². The summed E-state index contributed by atoms with van der Waals surface area (Å²) in [5.74, 6) is 0.436. The standard InChI is InChI=1S/C12H20N2O3/c1-3-4-7-13-11(15)14-9-12(2,16)10-6-5-8-17-10/h5-6,8,16H,3-4,7,9H2,1-2H3,(H2,13,14,15). The van der Waals surface area contributed by atoms with Gasteiger partial charge in [0.05, 0.1) is 12.8 Å². The van der Waals surface area contributed by atoms with Crippen molar-refractivity contribution in [3.8, 4) is 0 Å². The van der Waals surface area contributed by atoms with Gasteiger partial charge in [-0.2, -0.15) is 0 Å². The number of rotatable bonds is 6. The Hall–Kier alpha value is -1.49. The van der Waals surface area contributed by atoms with Crippen molar-refractivity contribution in [2.24, 2.45) is 0 Å². The van der Waals surface area contributed by atoms with Gasteiger partial charge in [-0.25, -0.2) is 4.79 Å². The Morgan fingerprint density at radius 2 is 2.29 bits per heavy atom. The van der Waals surface area contributed by atoms with Gasteiger partial charge in [0.2, 0.25) is 0 Å². The van der Waals surface area contributed by atoms with E-state index in [2.05, 4.69) is 17.6 Å². The molecular formula is C12H20N2O3. The highest BCUT2D eigenvalue weighted by Crippen LogP contribution is 2.19. The fourth-order valence-electron chi connectivity index (χ4n) is 1.37. The molecule has 1 atom stereocenters. The fraction of sp³-hybridized carbons (Fsp3) is 0.583. The quantitative estimate of drug-likeness (QED) is 0.661. The first-order chi connectivity index (χ1) is 8.06. The van der Waals surface area contributed by atoms with E-state index < -0.39 is 5.60 Å². The number of furan rings is 1. The van der Waals surface area contributed by atoms with E-state index in [9.17, 15) is 9.90 Å². The summed E-state index contributed by atoms with van der Waals surface area (Å²) in [7, 11) is 0. The third-order valence-corrected chi connectivity index (χ3v) is 2.46. The molecule has 2 amide bonds. The smallest absolute Gasteiger partial charge is 0.314 e. The molecule has 1 aromatic rings. The number of nitrogens with one attached hydrogen (secondary N) is 2. The van der Waals surface area contributed by atoms with E-state index in [1.54, 1.807) is 19.1 Å². The Bertz CT molecular complexity index is 334. The second-order valence-corrected chi connectivity index (χ2v) is 4.21. The predicted molar refractivity (Wildman–Crippen MR) is 64.6 cm³/mol. The van der Waals surface area contributed by atoms with E-state index in [0.29, 0.717) is 12.3 Å². The summed E-state index contributed by atoms with van der Waals surface area (Å²) in [4.78, 5) is 11.4. The zero-order valence-corrected chi connectivity index (χ0v) is 10.3. The molecule has 0 aliphatic heterocycles. The van der Waals surface area contributed by atoms with E-state index in [-0.39, 0.29) is 12.6 Å². The molecule has 0 saturated carbocycles. The topological polar surface area (TPSA) is 74.5 Å². The molecule has 1 aromatic heterocycles. The first-order valence-corrected chi connectivity index (χ1v) is 5.84. The molecule has 0 saturated heterocycles. The summed E-state index contributed by atoms with van der Waals surface area (Å²) in [5, 5.41) is 15.4. The Labute approximate surface area is 101 Å². The third kappa shape index (κ3) is 4.48. The normalized spacial score (nSPS) is 14.1. The highest BCUT2D eigenvalue weighted by molar-refractivity contribution is 5.73. The van der Waals surface area contributed by atoms with Crippen LogP contribution in [-0.4, -0.2) is 24.2 Å². The second kappa shape index (κ2) is 6.30. The van der Waals surface area contributed by atoms with Crippen LogP contribution >= 0.6 is 0 Å². The van der Waals surface area contributed by atoms with Crippen molar-refractivity contribution < 1.29 is 14.3 Å². The number of unbranched alkanes of at least 4 members (excludes halogenated alkanes) is 1. The van der Waals surface area contributed by atoms with Gasteiger partial charge in [0.25, 0.3) is 0 Å². The van der Waals surface area contributed by atoms with Crippen LogP contribution in [0.3, 0.4) is 0 Å². The molecule has 0 bridgehead atoms. The van der Waals surface area contributed by atoms with Gasteiger partial charge in [0.15, 0.2) is 0 Å². The molecule has 0 radical (unpaired) electrons. The van der Waals surface area contributed by atoms with Gasteiger partial charge in [0, 0.05) is 6.54 Å². The number of aliphatic hydroxyl groups is 1. The molecule has 1 rings (SSSR count). The van der Waals surface area contributed by atoms with Crippen molar-refractivity contribution in [3.05, 3.63) is 24.2 Å². The minimum absolute atomic E-state index is 0.110. The first kappa shape index (κ1) is 13.6. The van der Waals surface area contributed by atoms with Crippen LogP contribution in [0.4, 0.5) is 4.79 Å². The molecule has 1 unspecified atom stereocenters. The Kier molecular flexibility index (Phi) is 5.03. The maximum absolute atomic E-state index is 11.4. The van der Waals surface area contributed by atoms with Crippen LogP contribution in [0, 0.1) is 0 Å². The number of hydrogen-bond acceptors (Lipinski definition) is 3. The number of hydrogen-bond donors (Lipinski definition) is 3. The molecule has 0 aliphatic carbocycles. The highest BCUT2D eigenvalue weighted by atomic mass is 16.4. The maximum atomic E-state index is 11.4. The second-order valence-electron chi connectivity index (χ2n) is 4.21. The summed E-state index contributed by atoms with van der Waals surface area (Å²) in [6.07, 6.45) is 3.47. The van der Waals surface area contributed by atoms with Crippen molar-refractivity contribution in [3.63, 3.8) is 0 Å². The number of carbonyl (C=O) groups excluding carboxylic acids is 1. The van der Waals surface area contributed by atoms with Gasteiger partial charge in [0.1, 0.15) is 11.4 Å². The van der Waals surface area contributed by atoms with Gasteiger partial charge < -0.3 is 20.2 Å². The van der Waals surface area contributed by atoms with Crippen molar-refractivity contribution in [2.75, 3.05) is 13.1 Å². The van der Waals surface area contributed by atoms with E-state index in [1.165, 1.54) is 6.26 Å². The Morgan fingerprint density at radius 1 is 1.53 bits per heavy atom. The summed E-state index contributed by atoms with van der Waals surface area (Å²) in [5.41, 5.74) is -1.19. The van der Waals surface area contributed by atoms with Gasteiger partial charge in [-0.05, 0) is 25.5 Å². The zero-order valence-electron chi connectivity index (χ0n) is 10.3. The molecule has 96 valence electrons. The number of carbonyl (C=O) groups is 1. The lowest BCUT2D eigenvalue weighted by Crippen LogP contribution is -2.43.